The molecule has 0 spiro atoms. The third-order valence-electron chi connectivity index (χ3n) is 2.14. The van der Waals surface area contributed by atoms with E-state index >= 15 is 0 Å². The first-order valence-corrected chi connectivity index (χ1v) is 7.04. The van der Waals surface area contributed by atoms with Gasteiger partial charge in [-0.15, -0.1) is 21.6 Å². The van der Waals surface area contributed by atoms with E-state index < -0.39 is 18.1 Å². The molecule has 1 rings (SSSR count). The highest BCUT2D eigenvalue weighted by atomic mass is 32.1. The molecule has 0 unspecified atom stereocenters. The Bertz CT molecular complexity index is 704. The molecule has 1 amide bonds. The molecule has 1 heterocycles. The predicted molar refractivity (Wildman–Crippen MR) is 77.6 cm³/mol. The summed E-state index contributed by atoms with van der Waals surface area (Å²) in [6.07, 6.45) is -5.13. The average molecular weight is 346 g/mol. The number of rotatable bonds is 2. The lowest BCUT2D eigenvalue weighted by molar-refractivity contribution is -0.170. The standard InChI is InChI=1S/C14H13F3N2O3S/c1-13(2,3)6-5-8-7-9(10(23-8)11(20)22-4)18-19-12(21)14(15,16)17/h7H,1-4H3. The van der Waals surface area contributed by atoms with Crippen molar-refractivity contribution in [3.05, 3.63) is 15.8 Å². The van der Waals surface area contributed by atoms with Crippen LogP contribution in [0.25, 0.3) is 0 Å². The molecule has 0 aromatic carbocycles. The van der Waals surface area contributed by atoms with Crippen molar-refractivity contribution in [3.8, 4) is 11.8 Å². The van der Waals surface area contributed by atoms with Gasteiger partial charge in [-0.1, -0.05) is 11.8 Å². The van der Waals surface area contributed by atoms with Crippen LogP contribution in [0.5, 0.6) is 0 Å². The van der Waals surface area contributed by atoms with Gasteiger partial charge in [0.15, 0.2) is 0 Å². The zero-order valence-electron chi connectivity index (χ0n) is 12.7. The van der Waals surface area contributed by atoms with Crippen LogP contribution in [0, 0.1) is 17.3 Å². The first kappa shape index (κ1) is 18.8. The van der Waals surface area contributed by atoms with Crippen molar-refractivity contribution >= 4 is 28.9 Å². The van der Waals surface area contributed by atoms with E-state index in [9.17, 15) is 22.8 Å². The molecular formula is C14H13F3N2O3S. The number of amides is 1. The van der Waals surface area contributed by atoms with Crippen molar-refractivity contribution in [1.82, 2.24) is 0 Å². The van der Waals surface area contributed by atoms with E-state index in [1.807, 2.05) is 20.8 Å². The molecular weight excluding hydrogens is 333 g/mol. The highest BCUT2D eigenvalue weighted by Gasteiger charge is 2.39. The Morgan fingerprint density at radius 1 is 1.26 bits per heavy atom. The number of hydrogen-bond acceptors (Lipinski definition) is 5. The lowest BCUT2D eigenvalue weighted by Crippen LogP contribution is -2.19. The number of methoxy groups -OCH3 is 1. The summed E-state index contributed by atoms with van der Waals surface area (Å²) in [4.78, 5) is 22.7. The summed E-state index contributed by atoms with van der Waals surface area (Å²) in [6, 6.07) is 1.28. The topological polar surface area (TPSA) is 68.1 Å². The highest BCUT2D eigenvalue weighted by molar-refractivity contribution is 7.15. The maximum Gasteiger partial charge on any atom is 0.475 e. The van der Waals surface area contributed by atoms with E-state index in [-0.39, 0.29) is 16.0 Å². The van der Waals surface area contributed by atoms with Crippen molar-refractivity contribution < 1.29 is 27.5 Å². The smallest absolute Gasteiger partial charge is 0.465 e. The van der Waals surface area contributed by atoms with Gasteiger partial charge < -0.3 is 4.74 Å². The number of alkyl halides is 3. The first-order chi connectivity index (χ1) is 10.4. The van der Waals surface area contributed by atoms with Crippen molar-refractivity contribution in [2.75, 3.05) is 7.11 Å². The summed E-state index contributed by atoms with van der Waals surface area (Å²) in [5.41, 5.74) is -0.499. The van der Waals surface area contributed by atoms with E-state index in [4.69, 9.17) is 0 Å². The molecule has 0 radical (unpaired) electrons. The zero-order valence-corrected chi connectivity index (χ0v) is 13.6. The Morgan fingerprint density at radius 2 is 1.87 bits per heavy atom. The molecule has 0 aliphatic heterocycles. The maximum absolute atomic E-state index is 12.1. The molecule has 0 fully saturated rings. The van der Waals surface area contributed by atoms with E-state index in [0.29, 0.717) is 4.88 Å². The van der Waals surface area contributed by atoms with E-state index in [1.54, 1.807) is 0 Å². The quantitative estimate of drug-likeness (QED) is 0.460. The van der Waals surface area contributed by atoms with E-state index in [1.165, 1.54) is 6.07 Å². The summed E-state index contributed by atoms with van der Waals surface area (Å²) >= 11 is 0.898. The molecule has 5 nitrogen and oxygen atoms in total. The molecule has 0 saturated carbocycles. The van der Waals surface area contributed by atoms with Crippen LogP contribution in [0.4, 0.5) is 18.9 Å². The molecule has 23 heavy (non-hydrogen) atoms. The number of esters is 1. The largest absolute Gasteiger partial charge is 0.475 e. The number of hydrogen-bond donors (Lipinski definition) is 0. The van der Waals surface area contributed by atoms with Crippen LogP contribution in [0.1, 0.15) is 35.3 Å². The maximum atomic E-state index is 12.1. The molecule has 0 atom stereocenters. The molecule has 1 aromatic heterocycles. The molecule has 9 heteroatoms. The Hall–Kier alpha value is -2.21. The molecule has 0 N–H and O–H groups in total. The first-order valence-electron chi connectivity index (χ1n) is 6.22. The van der Waals surface area contributed by atoms with Crippen molar-refractivity contribution in [2.24, 2.45) is 15.6 Å². The fourth-order valence-corrected chi connectivity index (χ4v) is 2.02. The average Bonchev–Trinajstić information content (AvgIpc) is 2.83. The molecule has 0 saturated heterocycles. The second-order valence-electron chi connectivity index (χ2n) is 5.32. The third-order valence-corrected chi connectivity index (χ3v) is 3.15. The number of thiophene rings is 1. The number of halogens is 3. The van der Waals surface area contributed by atoms with Gasteiger partial charge in [-0.2, -0.15) is 13.2 Å². The molecule has 0 aliphatic rings. The minimum absolute atomic E-state index is 0.0792. The number of ether oxygens (including phenoxy) is 1. The predicted octanol–water partition coefficient (Wildman–Crippen LogP) is 4.10. The molecule has 124 valence electrons. The van der Waals surface area contributed by atoms with Gasteiger partial charge in [0, 0.05) is 5.41 Å². The Kier molecular flexibility index (Phi) is 5.66. The number of azo groups is 1. The fourth-order valence-electron chi connectivity index (χ4n) is 1.16. The summed E-state index contributed by atoms with van der Waals surface area (Å²) < 4.78 is 40.9. The van der Waals surface area contributed by atoms with Gasteiger partial charge in [0.05, 0.1) is 12.0 Å². The number of carbonyl (C=O) groups is 2. The minimum atomic E-state index is -5.13. The monoisotopic (exact) mass is 346 g/mol. The molecule has 0 aliphatic carbocycles. The normalized spacial score (nSPS) is 12.0. The lowest BCUT2D eigenvalue weighted by atomic mass is 9.98. The van der Waals surface area contributed by atoms with Crippen molar-refractivity contribution in [3.63, 3.8) is 0 Å². The number of carbonyl (C=O) groups excluding carboxylic acids is 2. The number of nitrogens with zero attached hydrogens (tertiary/aromatic N) is 2. The summed E-state index contributed by atoms with van der Waals surface area (Å²) in [6.45, 7) is 5.62. The second-order valence-corrected chi connectivity index (χ2v) is 6.37. The van der Waals surface area contributed by atoms with Crippen molar-refractivity contribution in [2.45, 2.75) is 26.9 Å². The van der Waals surface area contributed by atoms with Gasteiger partial charge in [0.1, 0.15) is 10.6 Å². The van der Waals surface area contributed by atoms with Crippen LogP contribution in [-0.2, 0) is 9.53 Å². The highest BCUT2D eigenvalue weighted by Crippen LogP contribution is 2.31. The van der Waals surface area contributed by atoms with Crippen LogP contribution >= 0.6 is 11.3 Å². The molecule has 0 bridgehead atoms. The summed E-state index contributed by atoms with van der Waals surface area (Å²) in [5, 5.41) is 5.78. The van der Waals surface area contributed by atoms with Gasteiger partial charge in [-0.05, 0) is 26.8 Å². The SMILES string of the molecule is COC(=O)c1sc(C#CC(C)(C)C)cc1N=NC(=O)C(F)(F)F. The molecule has 1 aromatic rings. The van der Waals surface area contributed by atoms with Crippen LogP contribution in [-0.4, -0.2) is 25.2 Å². The van der Waals surface area contributed by atoms with Gasteiger partial charge >= 0.3 is 18.1 Å². The summed E-state index contributed by atoms with van der Waals surface area (Å²) in [5.74, 6) is 2.55. The zero-order chi connectivity index (χ0) is 17.8. The van der Waals surface area contributed by atoms with Gasteiger partial charge in [0.25, 0.3) is 0 Å². The Morgan fingerprint density at radius 3 is 2.35 bits per heavy atom. The Labute approximate surface area is 134 Å². The van der Waals surface area contributed by atoms with Crippen LogP contribution in [0.3, 0.4) is 0 Å². The van der Waals surface area contributed by atoms with Crippen molar-refractivity contribution in [1.29, 1.82) is 0 Å². The third kappa shape index (κ3) is 5.83. The lowest BCUT2D eigenvalue weighted by Gasteiger charge is -2.06. The van der Waals surface area contributed by atoms with Gasteiger partial charge in [-0.3, -0.25) is 4.79 Å². The Balaban J connectivity index is 3.22. The summed E-state index contributed by atoms with van der Waals surface area (Å²) in [7, 11) is 1.12. The van der Waals surface area contributed by atoms with Gasteiger partial charge in [-0.25, -0.2) is 4.79 Å². The second kappa shape index (κ2) is 6.91. The van der Waals surface area contributed by atoms with Crippen LogP contribution < -0.4 is 0 Å². The minimum Gasteiger partial charge on any atom is -0.465 e. The van der Waals surface area contributed by atoms with E-state index in [0.717, 1.165) is 18.4 Å². The van der Waals surface area contributed by atoms with Crippen LogP contribution in [0.15, 0.2) is 16.3 Å². The van der Waals surface area contributed by atoms with Crippen LogP contribution in [0.2, 0.25) is 0 Å². The van der Waals surface area contributed by atoms with Gasteiger partial charge in [0.2, 0.25) is 0 Å². The fraction of sp³-hybridized carbons (Fsp3) is 0.429. The van der Waals surface area contributed by atoms with E-state index in [2.05, 4.69) is 26.8 Å².